The Hall–Kier alpha value is -2.59. The first-order valence-electron chi connectivity index (χ1n) is 10.9. The number of aryl methyl sites for hydroxylation is 1. The molecule has 0 saturated carbocycles. The Labute approximate surface area is 204 Å². The van der Waals surface area contributed by atoms with E-state index in [4.69, 9.17) is 4.74 Å². The van der Waals surface area contributed by atoms with Gasteiger partial charge >= 0.3 is 0 Å². The third kappa shape index (κ3) is 7.20. The second-order valence-corrected chi connectivity index (χ2v) is 10.9. The molecule has 0 aliphatic heterocycles. The van der Waals surface area contributed by atoms with Gasteiger partial charge in [0, 0.05) is 31.7 Å². The van der Waals surface area contributed by atoms with E-state index in [-0.39, 0.29) is 36.3 Å². The molecule has 3 aromatic rings. The van der Waals surface area contributed by atoms with Gasteiger partial charge in [0.2, 0.25) is 15.9 Å². The average Bonchev–Trinajstić information content (AvgIpc) is 3.33. The minimum atomic E-state index is -3.88. The molecule has 2 aromatic carbocycles. The van der Waals surface area contributed by atoms with Gasteiger partial charge in [-0.2, -0.15) is 4.31 Å². The van der Waals surface area contributed by atoms with E-state index in [1.54, 1.807) is 48.4 Å². The van der Waals surface area contributed by atoms with E-state index in [1.807, 2.05) is 24.4 Å². The van der Waals surface area contributed by atoms with Crippen LogP contribution in [0.5, 0.6) is 0 Å². The lowest BCUT2D eigenvalue weighted by molar-refractivity contribution is -0.132. The third-order valence-electron chi connectivity index (χ3n) is 5.29. The normalized spacial score (nSPS) is 11.6. The minimum absolute atomic E-state index is 0.145. The summed E-state index contributed by atoms with van der Waals surface area (Å²) in [6, 6.07) is 16.4. The minimum Gasteiger partial charge on any atom is -0.385 e. The number of nitrogens with zero attached hydrogens (tertiary/aromatic N) is 2. The summed E-state index contributed by atoms with van der Waals surface area (Å²) < 4.78 is 46.4. The standard InChI is InChI=1S/C25H29FN2O4S2/c1-20-6-12-24(13-7-20)34(30,31)28(14-4-15-32-2)19-25(29)27(18-23-5-3-16-33-23)17-21-8-10-22(26)11-9-21/h3,5-13,16H,4,14-15,17-19H2,1-2H3. The number of thiophene rings is 1. The molecular weight excluding hydrogens is 475 g/mol. The smallest absolute Gasteiger partial charge is 0.243 e. The molecule has 0 radical (unpaired) electrons. The molecule has 0 fully saturated rings. The molecule has 182 valence electrons. The molecule has 34 heavy (non-hydrogen) atoms. The van der Waals surface area contributed by atoms with Crippen molar-refractivity contribution in [1.82, 2.24) is 9.21 Å². The molecule has 9 heteroatoms. The van der Waals surface area contributed by atoms with Crippen molar-refractivity contribution in [3.8, 4) is 0 Å². The Bertz CT molecular complexity index is 1150. The molecule has 0 atom stereocenters. The lowest BCUT2D eigenvalue weighted by Crippen LogP contribution is -2.43. The largest absolute Gasteiger partial charge is 0.385 e. The zero-order valence-corrected chi connectivity index (χ0v) is 20.9. The number of rotatable bonds is 12. The number of hydrogen-bond donors (Lipinski definition) is 0. The highest BCUT2D eigenvalue weighted by Crippen LogP contribution is 2.19. The first kappa shape index (κ1) is 26.0. The van der Waals surface area contributed by atoms with Crippen molar-refractivity contribution in [2.75, 3.05) is 26.8 Å². The number of hydrogen-bond acceptors (Lipinski definition) is 5. The molecule has 0 aliphatic carbocycles. The van der Waals surface area contributed by atoms with Gasteiger partial charge in [0.25, 0.3) is 0 Å². The van der Waals surface area contributed by atoms with E-state index in [0.717, 1.165) is 16.0 Å². The molecule has 6 nitrogen and oxygen atoms in total. The second-order valence-electron chi connectivity index (χ2n) is 7.95. The number of halogens is 1. The number of ether oxygens (including phenoxy) is 1. The van der Waals surface area contributed by atoms with E-state index in [0.29, 0.717) is 19.6 Å². The molecule has 0 aliphatic rings. The quantitative estimate of drug-likeness (QED) is 0.342. The van der Waals surface area contributed by atoms with Crippen LogP contribution in [0.15, 0.2) is 70.9 Å². The van der Waals surface area contributed by atoms with Crippen LogP contribution in [-0.2, 0) is 32.6 Å². The van der Waals surface area contributed by atoms with E-state index in [9.17, 15) is 17.6 Å². The molecular formula is C25H29FN2O4S2. The highest BCUT2D eigenvalue weighted by molar-refractivity contribution is 7.89. The van der Waals surface area contributed by atoms with Gasteiger partial charge in [-0.15, -0.1) is 11.3 Å². The van der Waals surface area contributed by atoms with Crippen LogP contribution in [0.4, 0.5) is 4.39 Å². The summed E-state index contributed by atoms with van der Waals surface area (Å²) in [5.41, 5.74) is 1.71. The Balaban J connectivity index is 1.84. The predicted octanol–water partition coefficient (Wildman–Crippen LogP) is 4.45. The van der Waals surface area contributed by atoms with Gasteiger partial charge in [-0.25, -0.2) is 12.8 Å². The van der Waals surface area contributed by atoms with Gasteiger partial charge in [-0.05, 0) is 54.6 Å². The zero-order chi connectivity index (χ0) is 24.6. The van der Waals surface area contributed by atoms with E-state index in [1.165, 1.54) is 27.8 Å². The van der Waals surface area contributed by atoms with Gasteiger partial charge in [0.15, 0.2) is 0 Å². The summed E-state index contributed by atoms with van der Waals surface area (Å²) in [4.78, 5) is 16.2. The summed E-state index contributed by atoms with van der Waals surface area (Å²) in [7, 11) is -2.33. The molecule has 1 heterocycles. The molecule has 3 rings (SSSR count). The van der Waals surface area contributed by atoms with Crippen molar-refractivity contribution in [3.05, 3.63) is 87.9 Å². The highest BCUT2D eigenvalue weighted by Gasteiger charge is 2.28. The van der Waals surface area contributed by atoms with Crippen molar-refractivity contribution in [2.45, 2.75) is 31.3 Å². The fourth-order valence-corrected chi connectivity index (χ4v) is 5.56. The summed E-state index contributed by atoms with van der Waals surface area (Å²) in [5, 5.41) is 1.93. The van der Waals surface area contributed by atoms with Crippen molar-refractivity contribution in [1.29, 1.82) is 0 Å². The zero-order valence-electron chi connectivity index (χ0n) is 19.3. The molecule has 1 aromatic heterocycles. The highest BCUT2D eigenvalue weighted by atomic mass is 32.2. The summed E-state index contributed by atoms with van der Waals surface area (Å²) in [5.74, 6) is -0.681. The van der Waals surface area contributed by atoms with E-state index >= 15 is 0 Å². The van der Waals surface area contributed by atoms with Crippen LogP contribution in [0, 0.1) is 12.7 Å². The lowest BCUT2D eigenvalue weighted by atomic mass is 10.2. The maximum atomic E-state index is 13.4. The van der Waals surface area contributed by atoms with Crippen molar-refractivity contribution in [2.24, 2.45) is 0 Å². The average molecular weight is 505 g/mol. The number of benzene rings is 2. The number of amides is 1. The van der Waals surface area contributed by atoms with Crippen molar-refractivity contribution >= 4 is 27.3 Å². The van der Waals surface area contributed by atoms with Gasteiger partial charge in [-0.3, -0.25) is 4.79 Å². The van der Waals surface area contributed by atoms with Crippen LogP contribution in [-0.4, -0.2) is 50.3 Å². The summed E-state index contributed by atoms with van der Waals surface area (Å²) in [6.07, 6.45) is 0.456. The molecule has 0 saturated heterocycles. The summed E-state index contributed by atoms with van der Waals surface area (Å²) in [6.45, 7) is 2.69. The Morgan fingerprint density at radius 1 is 1.03 bits per heavy atom. The SMILES string of the molecule is COCCCN(CC(=O)N(Cc1ccc(F)cc1)Cc1cccs1)S(=O)(=O)c1ccc(C)cc1. The van der Waals surface area contributed by atoms with Gasteiger partial charge < -0.3 is 9.64 Å². The predicted molar refractivity (Wildman–Crippen MR) is 131 cm³/mol. The Morgan fingerprint density at radius 3 is 2.35 bits per heavy atom. The maximum absolute atomic E-state index is 13.4. The Morgan fingerprint density at radius 2 is 1.74 bits per heavy atom. The number of sulfonamides is 1. The van der Waals surface area contributed by atoms with Crippen LogP contribution in [0.2, 0.25) is 0 Å². The lowest BCUT2D eigenvalue weighted by Gasteiger charge is -2.27. The molecule has 0 unspecified atom stereocenters. The summed E-state index contributed by atoms with van der Waals surface area (Å²) >= 11 is 1.52. The maximum Gasteiger partial charge on any atom is 0.243 e. The van der Waals surface area contributed by atoms with Crippen molar-refractivity contribution < 1.29 is 22.3 Å². The van der Waals surface area contributed by atoms with Gasteiger partial charge in [0.1, 0.15) is 5.82 Å². The van der Waals surface area contributed by atoms with Crippen LogP contribution < -0.4 is 0 Å². The van der Waals surface area contributed by atoms with E-state index in [2.05, 4.69) is 0 Å². The first-order valence-corrected chi connectivity index (χ1v) is 13.2. The molecule has 1 amide bonds. The van der Waals surface area contributed by atoms with Crippen LogP contribution in [0.3, 0.4) is 0 Å². The van der Waals surface area contributed by atoms with Gasteiger partial charge in [0.05, 0.1) is 18.0 Å². The topological polar surface area (TPSA) is 66.9 Å². The van der Waals surface area contributed by atoms with Crippen molar-refractivity contribution in [3.63, 3.8) is 0 Å². The third-order valence-corrected chi connectivity index (χ3v) is 8.01. The fourth-order valence-electron chi connectivity index (χ4n) is 3.41. The Kier molecular flexibility index (Phi) is 9.35. The second kappa shape index (κ2) is 12.2. The van der Waals surface area contributed by atoms with Crippen LogP contribution >= 0.6 is 11.3 Å². The monoisotopic (exact) mass is 504 g/mol. The molecule has 0 N–H and O–H groups in total. The van der Waals surface area contributed by atoms with E-state index < -0.39 is 10.0 Å². The van der Waals surface area contributed by atoms with Crippen LogP contribution in [0.1, 0.15) is 22.4 Å². The fraction of sp³-hybridized carbons (Fsp3) is 0.320. The van der Waals surface area contributed by atoms with Crippen LogP contribution in [0.25, 0.3) is 0 Å². The molecule has 0 spiro atoms. The number of carbonyl (C=O) groups excluding carboxylic acids is 1. The first-order chi connectivity index (χ1) is 16.3. The number of methoxy groups -OCH3 is 1. The van der Waals surface area contributed by atoms with Gasteiger partial charge in [-0.1, -0.05) is 35.9 Å². The molecule has 0 bridgehead atoms. The number of carbonyl (C=O) groups is 1.